The molecule has 0 heterocycles. The van der Waals surface area contributed by atoms with Crippen LogP contribution in [0.2, 0.25) is 0 Å². The van der Waals surface area contributed by atoms with Gasteiger partial charge in [0.2, 0.25) is 0 Å². The molecule has 20 heavy (non-hydrogen) atoms. The summed E-state index contributed by atoms with van der Waals surface area (Å²) in [6.45, 7) is 11.0. The van der Waals surface area contributed by atoms with Crippen molar-refractivity contribution in [1.29, 1.82) is 0 Å². The van der Waals surface area contributed by atoms with E-state index in [0.717, 1.165) is 24.2 Å². The molecule has 3 nitrogen and oxygen atoms in total. The molecule has 1 rings (SSSR count). The standard InChI is InChI=1S/C17H29NO2/c1-6-17(7-2,19-8-3)16(18)14-11-9-10-12-15(14)20-13(4)5/h9-13,16H,6-8,18H2,1-5H3. The van der Waals surface area contributed by atoms with Gasteiger partial charge in [-0.1, -0.05) is 32.0 Å². The van der Waals surface area contributed by atoms with Crippen molar-refractivity contribution < 1.29 is 9.47 Å². The summed E-state index contributed by atoms with van der Waals surface area (Å²) in [7, 11) is 0. The zero-order valence-corrected chi connectivity index (χ0v) is 13.5. The lowest BCUT2D eigenvalue weighted by molar-refractivity contribution is -0.0651. The first kappa shape index (κ1) is 17.0. The Morgan fingerprint density at radius 1 is 1.10 bits per heavy atom. The molecule has 1 unspecified atom stereocenters. The highest BCUT2D eigenvalue weighted by molar-refractivity contribution is 5.37. The number of benzene rings is 1. The highest BCUT2D eigenvalue weighted by Gasteiger charge is 2.36. The first-order valence-corrected chi connectivity index (χ1v) is 7.65. The van der Waals surface area contributed by atoms with E-state index in [1.807, 2.05) is 45.0 Å². The van der Waals surface area contributed by atoms with E-state index in [2.05, 4.69) is 13.8 Å². The molecule has 0 aliphatic carbocycles. The SMILES string of the molecule is CCOC(CC)(CC)C(N)c1ccccc1OC(C)C. The predicted octanol–water partition coefficient (Wildman–Crippen LogP) is 4.07. The molecule has 2 N–H and O–H groups in total. The quantitative estimate of drug-likeness (QED) is 0.780. The smallest absolute Gasteiger partial charge is 0.124 e. The van der Waals surface area contributed by atoms with Crippen LogP contribution in [0.25, 0.3) is 0 Å². The van der Waals surface area contributed by atoms with Crippen LogP contribution in [-0.4, -0.2) is 18.3 Å². The molecule has 0 aliphatic heterocycles. The normalized spacial score (nSPS) is 13.6. The van der Waals surface area contributed by atoms with Gasteiger partial charge in [0.05, 0.1) is 17.7 Å². The van der Waals surface area contributed by atoms with Gasteiger partial charge in [-0.3, -0.25) is 0 Å². The van der Waals surface area contributed by atoms with Crippen LogP contribution in [0, 0.1) is 0 Å². The Hall–Kier alpha value is -1.06. The van der Waals surface area contributed by atoms with Gasteiger partial charge >= 0.3 is 0 Å². The summed E-state index contributed by atoms with van der Waals surface area (Å²) in [5.41, 5.74) is 7.25. The Morgan fingerprint density at radius 3 is 2.20 bits per heavy atom. The van der Waals surface area contributed by atoms with Crippen LogP contribution in [0.1, 0.15) is 59.1 Å². The van der Waals surface area contributed by atoms with Gasteiger partial charge in [-0.25, -0.2) is 0 Å². The maximum Gasteiger partial charge on any atom is 0.124 e. The van der Waals surface area contributed by atoms with Crippen molar-refractivity contribution in [2.45, 2.75) is 65.2 Å². The average molecular weight is 279 g/mol. The van der Waals surface area contributed by atoms with Crippen LogP contribution >= 0.6 is 0 Å². The number of hydrogen-bond donors (Lipinski definition) is 1. The second-order valence-corrected chi connectivity index (χ2v) is 5.39. The van der Waals surface area contributed by atoms with Crippen LogP contribution < -0.4 is 10.5 Å². The second kappa shape index (κ2) is 7.65. The maximum absolute atomic E-state index is 6.55. The summed E-state index contributed by atoms with van der Waals surface area (Å²) < 4.78 is 11.9. The molecular weight excluding hydrogens is 250 g/mol. The van der Waals surface area contributed by atoms with Crippen molar-refractivity contribution in [2.24, 2.45) is 5.73 Å². The first-order valence-electron chi connectivity index (χ1n) is 7.65. The Kier molecular flexibility index (Phi) is 6.50. The summed E-state index contributed by atoms with van der Waals surface area (Å²) in [4.78, 5) is 0. The van der Waals surface area contributed by atoms with Crippen LogP contribution in [-0.2, 0) is 4.74 Å². The van der Waals surface area contributed by atoms with E-state index in [-0.39, 0.29) is 17.7 Å². The van der Waals surface area contributed by atoms with Crippen molar-refractivity contribution >= 4 is 0 Å². The number of rotatable bonds is 8. The lowest BCUT2D eigenvalue weighted by Crippen LogP contribution is -2.43. The molecule has 3 heteroatoms. The van der Waals surface area contributed by atoms with Gasteiger partial charge in [-0.15, -0.1) is 0 Å². The Morgan fingerprint density at radius 2 is 1.70 bits per heavy atom. The summed E-state index contributed by atoms with van der Waals surface area (Å²) in [6.07, 6.45) is 1.90. The third-order valence-corrected chi connectivity index (χ3v) is 3.81. The molecule has 114 valence electrons. The summed E-state index contributed by atoms with van der Waals surface area (Å²) in [5.74, 6) is 0.862. The van der Waals surface area contributed by atoms with Gasteiger partial charge in [0, 0.05) is 12.2 Å². The van der Waals surface area contributed by atoms with Crippen molar-refractivity contribution in [3.05, 3.63) is 29.8 Å². The minimum absolute atomic E-state index is 0.132. The third-order valence-electron chi connectivity index (χ3n) is 3.81. The van der Waals surface area contributed by atoms with Crippen molar-refractivity contribution in [3.8, 4) is 5.75 Å². The van der Waals surface area contributed by atoms with E-state index in [0.29, 0.717) is 6.61 Å². The van der Waals surface area contributed by atoms with Crippen molar-refractivity contribution in [3.63, 3.8) is 0 Å². The molecule has 1 atom stereocenters. The van der Waals surface area contributed by atoms with Crippen LogP contribution in [0.4, 0.5) is 0 Å². The first-order chi connectivity index (χ1) is 9.50. The van der Waals surface area contributed by atoms with Gasteiger partial charge in [-0.05, 0) is 39.7 Å². The molecule has 0 bridgehead atoms. The monoisotopic (exact) mass is 279 g/mol. The molecule has 0 spiro atoms. The molecule has 0 radical (unpaired) electrons. The van der Waals surface area contributed by atoms with Crippen LogP contribution in [0.5, 0.6) is 5.75 Å². The molecule has 0 aliphatic rings. The fourth-order valence-corrected chi connectivity index (χ4v) is 2.65. The molecular formula is C17H29NO2. The lowest BCUT2D eigenvalue weighted by Gasteiger charge is -2.38. The number of hydrogen-bond acceptors (Lipinski definition) is 3. The minimum atomic E-state index is -0.328. The average Bonchev–Trinajstić information content (AvgIpc) is 2.44. The van der Waals surface area contributed by atoms with E-state index >= 15 is 0 Å². The van der Waals surface area contributed by atoms with Gasteiger partial charge in [0.25, 0.3) is 0 Å². The van der Waals surface area contributed by atoms with Gasteiger partial charge in [-0.2, -0.15) is 0 Å². The maximum atomic E-state index is 6.55. The molecule has 0 saturated carbocycles. The van der Waals surface area contributed by atoms with Crippen molar-refractivity contribution in [2.75, 3.05) is 6.61 Å². The topological polar surface area (TPSA) is 44.5 Å². The Bertz CT molecular complexity index is 400. The largest absolute Gasteiger partial charge is 0.491 e. The van der Waals surface area contributed by atoms with Gasteiger partial charge < -0.3 is 15.2 Å². The highest BCUT2D eigenvalue weighted by Crippen LogP contribution is 2.37. The third kappa shape index (κ3) is 3.74. The predicted molar refractivity (Wildman–Crippen MR) is 84.1 cm³/mol. The Labute approximate surface area is 123 Å². The van der Waals surface area contributed by atoms with Gasteiger partial charge in [0.1, 0.15) is 5.75 Å². The number of ether oxygens (including phenoxy) is 2. The van der Waals surface area contributed by atoms with E-state index in [4.69, 9.17) is 15.2 Å². The van der Waals surface area contributed by atoms with Crippen molar-refractivity contribution in [1.82, 2.24) is 0 Å². The van der Waals surface area contributed by atoms with E-state index in [9.17, 15) is 0 Å². The molecule has 0 aromatic heterocycles. The van der Waals surface area contributed by atoms with Crippen LogP contribution in [0.15, 0.2) is 24.3 Å². The van der Waals surface area contributed by atoms with E-state index in [1.165, 1.54) is 0 Å². The minimum Gasteiger partial charge on any atom is -0.491 e. The molecule has 0 fully saturated rings. The highest BCUT2D eigenvalue weighted by atomic mass is 16.5. The summed E-state index contributed by atoms with van der Waals surface area (Å²) in [5, 5.41) is 0. The zero-order valence-electron chi connectivity index (χ0n) is 13.5. The lowest BCUT2D eigenvalue weighted by atomic mass is 9.84. The molecule has 1 aromatic rings. The fraction of sp³-hybridized carbons (Fsp3) is 0.647. The second-order valence-electron chi connectivity index (χ2n) is 5.39. The van der Waals surface area contributed by atoms with E-state index in [1.54, 1.807) is 0 Å². The number of nitrogens with two attached hydrogens (primary N) is 1. The number of para-hydroxylation sites is 1. The van der Waals surface area contributed by atoms with Gasteiger partial charge in [0.15, 0.2) is 0 Å². The Balaban J connectivity index is 3.14. The summed E-state index contributed by atoms with van der Waals surface area (Å²) in [6, 6.07) is 7.82. The zero-order chi connectivity index (χ0) is 15.2. The van der Waals surface area contributed by atoms with E-state index < -0.39 is 0 Å². The molecule has 1 aromatic carbocycles. The fourth-order valence-electron chi connectivity index (χ4n) is 2.65. The molecule has 0 saturated heterocycles. The molecule has 0 amide bonds. The van der Waals surface area contributed by atoms with Crippen LogP contribution in [0.3, 0.4) is 0 Å². The summed E-state index contributed by atoms with van der Waals surface area (Å²) >= 11 is 0.